The lowest BCUT2D eigenvalue weighted by Gasteiger charge is -2.08. The zero-order valence-corrected chi connectivity index (χ0v) is 9.44. The van der Waals surface area contributed by atoms with Crippen LogP contribution in [0.2, 0.25) is 0 Å². The molecule has 1 fully saturated rings. The van der Waals surface area contributed by atoms with Crippen LogP contribution < -0.4 is 10.9 Å². The summed E-state index contributed by atoms with van der Waals surface area (Å²) in [5.74, 6) is 0.277. The smallest absolute Gasteiger partial charge is 0.271 e. The first-order valence-corrected chi connectivity index (χ1v) is 5.67. The van der Waals surface area contributed by atoms with Gasteiger partial charge < -0.3 is 10.1 Å². The van der Waals surface area contributed by atoms with E-state index in [2.05, 4.69) is 15.5 Å². The Balaban J connectivity index is 1.76. The van der Waals surface area contributed by atoms with Gasteiger partial charge in [0.15, 0.2) is 0 Å². The number of nitrogens with zero attached hydrogens (tertiary/aromatic N) is 1. The summed E-state index contributed by atoms with van der Waals surface area (Å²) in [6.07, 6.45) is 1.97. The predicted octanol–water partition coefficient (Wildman–Crippen LogP) is -0.0737. The van der Waals surface area contributed by atoms with Crippen LogP contribution in [0.25, 0.3) is 0 Å². The number of carbonyl (C=O) groups is 1. The van der Waals surface area contributed by atoms with E-state index in [-0.39, 0.29) is 17.2 Å². The third-order valence-corrected chi connectivity index (χ3v) is 2.77. The molecule has 0 bridgehead atoms. The molecule has 0 spiro atoms. The van der Waals surface area contributed by atoms with Crippen LogP contribution in [-0.4, -0.2) is 35.9 Å². The van der Waals surface area contributed by atoms with Crippen molar-refractivity contribution in [2.24, 2.45) is 5.92 Å². The molecule has 1 aliphatic heterocycles. The average molecular weight is 237 g/mol. The number of hydrogen-bond donors (Lipinski definition) is 2. The molecule has 0 radical (unpaired) electrons. The number of rotatable bonds is 4. The summed E-state index contributed by atoms with van der Waals surface area (Å²) in [5, 5.41) is 8.65. The number of amides is 1. The quantitative estimate of drug-likeness (QED) is 0.767. The third kappa shape index (κ3) is 3.39. The number of aromatic nitrogens is 2. The number of carbonyl (C=O) groups excluding carboxylic acids is 1. The lowest BCUT2D eigenvalue weighted by Crippen LogP contribution is -2.27. The van der Waals surface area contributed by atoms with Gasteiger partial charge in [0.05, 0.1) is 0 Å². The second kappa shape index (κ2) is 5.58. The molecular formula is C11H15N3O3. The van der Waals surface area contributed by atoms with Gasteiger partial charge >= 0.3 is 0 Å². The summed E-state index contributed by atoms with van der Waals surface area (Å²) < 4.78 is 5.25. The molecule has 1 amide bonds. The Hall–Kier alpha value is -1.69. The molecule has 2 heterocycles. The average Bonchev–Trinajstić information content (AvgIpc) is 2.83. The molecule has 1 saturated heterocycles. The van der Waals surface area contributed by atoms with E-state index in [9.17, 15) is 9.59 Å². The molecule has 6 heteroatoms. The number of aromatic amines is 1. The van der Waals surface area contributed by atoms with Crippen molar-refractivity contribution in [3.8, 4) is 0 Å². The molecule has 17 heavy (non-hydrogen) atoms. The zero-order chi connectivity index (χ0) is 12.1. The molecule has 1 aromatic rings. The molecular weight excluding hydrogens is 222 g/mol. The first-order valence-electron chi connectivity index (χ1n) is 5.67. The van der Waals surface area contributed by atoms with Gasteiger partial charge in [0.25, 0.3) is 11.5 Å². The van der Waals surface area contributed by atoms with Gasteiger partial charge in [-0.15, -0.1) is 0 Å². The van der Waals surface area contributed by atoms with E-state index in [1.807, 2.05) is 0 Å². The van der Waals surface area contributed by atoms with Crippen LogP contribution in [-0.2, 0) is 4.74 Å². The first kappa shape index (κ1) is 11.8. The van der Waals surface area contributed by atoms with E-state index in [1.54, 1.807) is 0 Å². The van der Waals surface area contributed by atoms with E-state index in [0.717, 1.165) is 26.1 Å². The van der Waals surface area contributed by atoms with Crippen LogP contribution in [0.4, 0.5) is 0 Å². The van der Waals surface area contributed by atoms with Gasteiger partial charge in [-0.25, -0.2) is 5.10 Å². The zero-order valence-electron chi connectivity index (χ0n) is 9.44. The predicted molar refractivity (Wildman–Crippen MR) is 60.7 cm³/mol. The molecule has 1 aromatic heterocycles. The fraction of sp³-hybridized carbons (Fsp3) is 0.545. The highest BCUT2D eigenvalue weighted by Crippen LogP contribution is 2.15. The second-order valence-electron chi connectivity index (χ2n) is 4.08. The van der Waals surface area contributed by atoms with E-state index >= 15 is 0 Å². The Labute approximate surface area is 98.4 Å². The van der Waals surface area contributed by atoms with Crippen molar-refractivity contribution in [3.63, 3.8) is 0 Å². The lowest BCUT2D eigenvalue weighted by atomic mass is 10.1. The van der Waals surface area contributed by atoms with Gasteiger partial charge in [0.2, 0.25) is 0 Å². The lowest BCUT2D eigenvalue weighted by molar-refractivity contribution is 0.0944. The van der Waals surface area contributed by atoms with Crippen LogP contribution in [0.3, 0.4) is 0 Å². The van der Waals surface area contributed by atoms with Gasteiger partial charge in [0, 0.05) is 25.8 Å². The molecule has 0 aliphatic carbocycles. The third-order valence-electron chi connectivity index (χ3n) is 2.77. The summed E-state index contributed by atoms with van der Waals surface area (Å²) in [7, 11) is 0. The van der Waals surface area contributed by atoms with Crippen LogP contribution in [0.1, 0.15) is 23.3 Å². The van der Waals surface area contributed by atoms with E-state index < -0.39 is 0 Å². The fourth-order valence-electron chi connectivity index (χ4n) is 1.76. The van der Waals surface area contributed by atoms with E-state index in [0.29, 0.717) is 12.5 Å². The highest BCUT2D eigenvalue weighted by atomic mass is 16.5. The molecule has 2 N–H and O–H groups in total. The van der Waals surface area contributed by atoms with Gasteiger partial charge in [-0.1, -0.05) is 0 Å². The number of ether oxygens (including phenoxy) is 1. The van der Waals surface area contributed by atoms with Crippen molar-refractivity contribution in [1.29, 1.82) is 0 Å². The maximum atomic E-state index is 11.6. The Bertz CT molecular complexity index is 417. The molecule has 1 unspecified atom stereocenters. The number of hydrogen-bond acceptors (Lipinski definition) is 4. The minimum Gasteiger partial charge on any atom is -0.381 e. The summed E-state index contributed by atoms with van der Waals surface area (Å²) in [6, 6.07) is 2.69. The van der Waals surface area contributed by atoms with Gasteiger partial charge in [0.1, 0.15) is 5.69 Å². The Kier molecular flexibility index (Phi) is 3.87. The van der Waals surface area contributed by atoms with E-state index in [1.165, 1.54) is 12.1 Å². The van der Waals surface area contributed by atoms with Gasteiger partial charge in [-0.2, -0.15) is 5.10 Å². The van der Waals surface area contributed by atoms with Crippen molar-refractivity contribution in [2.45, 2.75) is 12.8 Å². The van der Waals surface area contributed by atoms with Gasteiger partial charge in [-0.3, -0.25) is 9.59 Å². The van der Waals surface area contributed by atoms with E-state index in [4.69, 9.17) is 4.74 Å². The molecule has 1 atom stereocenters. The minimum absolute atomic E-state index is 0.229. The maximum absolute atomic E-state index is 11.6. The SMILES string of the molecule is O=C(NCCC1CCOC1)c1ccc(=O)[nH]n1. The topological polar surface area (TPSA) is 84.1 Å². The normalized spacial score (nSPS) is 19.2. The van der Waals surface area contributed by atoms with Crippen LogP contribution in [0.15, 0.2) is 16.9 Å². The van der Waals surface area contributed by atoms with Gasteiger partial charge in [-0.05, 0) is 24.8 Å². The number of nitrogens with one attached hydrogen (secondary N) is 2. The molecule has 92 valence electrons. The largest absolute Gasteiger partial charge is 0.381 e. The highest BCUT2D eigenvalue weighted by Gasteiger charge is 2.15. The summed E-state index contributed by atoms with van der Waals surface area (Å²) in [6.45, 7) is 2.21. The van der Waals surface area contributed by atoms with Crippen molar-refractivity contribution in [3.05, 3.63) is 28.2 Å². The Morgan fingerprint density at radius 2 is 2.47 bits per heavy atom. The van der Waals surface area contributed by atoms with Crippen molar-refractivity contribution >= 4 is 5.91 Å². The minimum atomic E-state index is -0.315. The van der Waals surface area contributed by atoms with Crippen LogP contribution in [0.5, 0.6) is 0 Å². The van der Waals surface area contributed by atoms with Crippen LogP contribution >= 0.6 is 0 Å². The molecule has 1 aliphatic rings. The Morgan fingerprint density at radius 3 is 3.12 bits per heavy atom. The molecule has 0 aromatic carbocycles. The molecule has 6 nitrogen and oxygen atoms in total. The van der Waals surface area contributed by atoms with Crippen molar-refractivity contribution < 1.29 is 9.53 Å². The molecule has 2 rings (SSSR count). The first-order chi connectivity index (χ1) is 8.25. The highest BCUT2D eigenvalue weighted by molar-refractivity contribution is 5.91. The molecule has 0 saturated carbocycles. The monoisotopic (exact) mass is 237 g/mol. The summed E-state index contributed by atoms with van der Waals surface area (Å²) in [5.41, 5.74) is -0.0862. The Morgan fingerprint density at radius 1 is 1.59 bits per heavy atom. The van der Waals surface area contributed by atoms with Crippen molar-refractivity contribution in [2.75, 3.05) is 19.8 Å². The summed E-state index contributed by atoms with van der Waals surface area (Å²) >= 11 is 0. The summed E-state index contributed by atoms with van der Waals surface area (Å²) in [4.78, 5) is 22.4. The van der Waals surface area contributed by atoms with Crippen LogP contribution in [0, 0.1) is 5.92 Å². The second-order valence-corrected chi connectivity index (χ2v) is 4.08. The fourth-order valence-corrected chi connectivity index (χ4v) is 1.76. The standard InChI is InChI=1S/C11H15N3O3/c15-10-2-1-9(13-14-10)11(16)12-5-3-8-4-6-17-7-8/h1-2,8H,3-7H2,(H,12,16)(H,14,15). The number of H-pyrrole nitrogens is 1. The maximum Gasteiger partial charge on any atom is 0.271 e. The van der Waals surface area contributed by atoms with Crippen molar-refractivity contribution in [1.82, 2.24) is 15.5 Å².